The second-order valence-corrected chi connectivity index (χ2v) is 9.51. The number of benzene rings is 1. The number of carbonyl (C=O) groups is 1. The van der Waals surface area contributed by atoms with Gasteiger partial charge in [-0.3, -0.25) is 9.52 Å². The maximum Gasteiger partial charge on any atom is 0.271 e. The highest BCUT2D eigenvalue weighted by atomic mass is 32.2. The van der Waals surface area contributed by atoms with Crippen LogP contribution in [0.1, 0.15) is 49.4 Å². The molecule has 1 saturated carbocycles. The van der Waals surface area contributed by atoms with Crippen LogP contribution in [0.3, 0.4) is 0 Å². The van der Waals surface area contributed by atoms with E-state index in [4.69, 9.17) is 0 Å². The van der Waals surface area contributed by atoms with Gasteiger partial charge >= 0.3 is 0 Å². The van der Waals surface area contributed by atoms with Crippen molar-refractivity contribution in [3.8, 4) is 0 Å². The van der Waals surface area contributed by atoms with Gasteiger partial charge in [0, 0.05) is 17.3 Å². The lowest BCUT2D eigenvalue weighted by Crippen LogP contribution is -2.41. The van der Waals surface area contributed by atoms with Crippen molar-refractivity contribution in [1.82, 2.24) is 5.32 Å². The van der Waals surface area contributed by atoms with Gasteiger partial charge in [-0.25, -0.2) is 8.42 Å². The number of sulfonamides is 1. The van der Waals surface area contributed by atoms with E-state index in [1.807, 2.05) is 0 Å². The van der Waals surface area contributed by atoms with Gasteiger partial charge in [0.05, 0.1) is 0 Å². The topological polar surface area (TPSA) is 75.3 Å². The Morgan fingerprint density at radius 2 is 2.00 bits per heavy atom. The second-order valence-electron chi connectivity index (χ2n) is 6.65. The molecule has 1 heterocycles. The third-order valence-corrected chi connectivity index (χ3v) is 7.67. The highest BCUT2D eigenvalue weighted by Crippen LogP contribution is 2.27. The summed E-state index contributed by atoms with van der Waals surface area (Å²) in [7, 11) is -3.62. The van der Waals surface area contributed by atoms with Crippen molar-refractivity contribution in [2.45, 2.75) is 49.3 Å². The summed E-state index contributed by atoms with van der Waals surface area (Å²) >= 11 is 1.16. The Morgan fingerprint density at radius 1 is 1.19 bits per heavy atom. The van der Waals surface area contributed by atoms with Crippen molar-refractivity contribution >= 4 is 33.0 Å². The molecule has 2 atom stereocenters. The molecule has 7 heteroatoms. The maximum absolute atomic E-state index is 12.6. The molecule has 0 bridgehead atoms. The lowest BCUT2D eigenvalue weighted by atomic mass is 9.83. The van der Waals surface area contributed by atoms with Crippen molar-refractivity contribution in [2.24, 2.45) is 5.92 Å². The molecule has 1 aliphatic carbocycles. The van der Waals surface area contributed by atoms with Crippen LogP contribution in [0.5, 0.6) is 0 Å². The molecule has 0 spiro atoms. The van der Waals surface area contributed by atoms with Crippen LogP contribution in [0.4, 0.5) is 5.69 Å². The highest BCUT2D eigenvalue weighted by molar-refractivity contribution is 7.94. The summed E-state index contributed by atoms with van der Waals surface area (Å²) in [5, 5.41) is 4.85. The van der Waals surface area contributed by atoms with Gasteiger partial charge in [0.25, 0.3) is 15.9 Å². The molecule has 1 amide bonds. The average Bonchev–Trinajstić information content (AvgIpc) is 3.18. The van der Waals surface area contributed by atoms with Crippen LogP contribution >= 0.6 is 11.3 Å². The Balaban J connectivity index is 1.71. The van der Waals surface area contributed by atoms with Crippen LogP contribution in [0, 0.1) is 5.92 Å². The van der Waals surface area contributed by atoms with E-state index in [0.717, 1.165) is 37.0 Å². The molecule has 3 rings (SSSR count). The molecule has 26 heavy (non-hydrogen) atoms. The van der Waals surface area contributed by atoms with Gasteiger partial charge in [0.15, 0.2) is 0 Å². The lowest BCUT2D eigenvalue weighted by molar-refractivity contribution is 0.0904. The van der Waals surface area contributed by atoms with Gasteiger partial charge in [-0.15, -0.1) is 11.3 Å². The Kier molecular flexibility index (Phi) is 5.98. The molecule has 1 fully saturated rings. The number of nitrogens with one attached hydrogen (secondary N) is 2. The SMILES string of the molecule is CCC1CCCCC1NC(=O)c1cccc(NS(=O)(=O)c2cccs2)c1. The number of thiophene rings is 1. The molecule has 1 aromatic heterocycles. The Bertz CT molecular complexity index is 847. The van der Waals surface area contributed by atoms with Crippen LogP contribution in [0.15, 0.2) is 46.0 Å². The summed E-state index contributed by atoms with van der Waals surface area (Å²) in [6, 6.07) is 10.1. The molecule has 1 aromatic carbocycles. The first-order valence-corrected chi connectivity index (χ1v) is 11.3. The molecular weight excluding hydrogens is 368 g/mol. The second kappa shape index (κ2) is 8.22. The Morgan fingerprint density at radius 3 is 2.73 bits per heavy atom. The van der Waals surface area contributed by atoms with Gasteiger partial charge in [0.2, 0.25) is 0 Å². The van der Waals surface area contributed by atoms with Crippen LogP contribution in [-0.4, -0.2) is 20.4 Å². The minimum absolute atomic E-state index is 0.146. The van der Waals surface area contributed by atoms with E-state index in [9.17, 15) is 13.2 Å². The molecular formula is C19H24N2O3S2. The molecule has 0 radical (unpaired) electrons. The quantitative estimate of drug-likeness (QED) is 0.772. The highest BCUT2D eigenvalue weighted by Gasteiger charge is 2.25. The van der Waals surface area contributed by atoms with Crippen molar-refractivity contribution in [2.75, 3.05) is 4.72 Å². The number of amides is 1. The molecule has 2 N–H and O–H groups in total. The molecule has 140 valence electrons. The first kappa shape index (κ1) is 18.9. The van der Waals surface area contributed by atoms with Gasteiger partial charge in [0.1, 0.15) is 4.21 Å². The number of hydrogen-bond donors (Lipinski definition) is 2. The van der Waals surface area contributed by atoms with Gasteiger partial charge < -0.3 is 5.32 Å². The fraction of sp³-hybridized carbons (Fsp3) is 0.421. The predicted molar refractivity (Wildman–Crippen MR) is 105 cm³/mol. The maximum atomic E-state index is 12.6. The number of hydrogen-bond acceptors (Lipinski definition) is 4. The minimum atomic E-state index is -3.62. The number of anilines is 1. The normalized spacial score (nSPS) is 20.5. The van der Waals surface area contributed by atoms with E-state index in [1.54, 1.807) is 41.8 Å². The summed E-state index contributed by atoms with van der Waals surface area (Å²) in [4.78, 5) is 12.6. The van der Waals surface area contributed by atoms with Crippen molar-refractivity contribution in [3.05, 3.63) is 47.3 Å². The summed E-state index contributed by atoms with van der Waals surface area (Å²) in [5.41, 5.74) is 0.860. The van der Waals surface area contributed by atoms with Gasteiger partial charge in [-0.05, 0) is 48.4 Å². The largest absolute Gasteiger partial charge is 0.349 e. The number of carbonyl (C=O) groups excluding carboxylic acids is 1. The molecule has 0 aliphatic heterocycles. The first-order chi connectivity index (χ1) is 12.5. The summed E-state index contributed by atoms with van der Waals surface area (Å²) < 4.78 is 27.5. The lowest BCUT2D eigenvalue weighted by Gasteiger charge is -2.31. The molecule has 5 nitrogen and oxygen atoms in total. The average molecular weight is 393 g/mol. The third kappa shape index (κ3) is 4.45. The molecule has 2 aromatic rings. The van der Waals surface area contributed by atoms with E-state index in [1.165, 1.54) is 6.42 Å². The van der Waals surface area contributed by atoms with E-state index >= 15 is 0 Å². The molecule has 2 unspecified atom stereocenters. The monoisotopic (exact) mass is 392 g/mol. The van der Waals surface area contributed by atoms with Gasteiger partial charge in [-0.1, -0.05) is 38.3 Å². The van der Waals surface area contributed by atoms with Crippen molar-refractivity contribution in [1.29, 1.82) is 0 Å². The van der Waals surface area contributed by atoms with Gasteiger partial charge in [-0.2, -0.15) is 0 Å². The first-order valence-electron chi connectivity index (χ1n) is 8.97. The van der Waals surface area contributed by atoms with Crippen LogP contribution in [0.25, 0.3) is 0 Å². The van der Waals surface area contributed by atoms with Crippen LogP contribution in [0.2, 0.25) is 0 Å². The van der Waals surface area contributed by atoms with Crippen LogP contribution < -0.4 is 10.0 Å². The Hall–Kier alpha value is -1.86. The van der Waals surface area contributed by atoms with E-state index in [0.29, 0.717) is 17.2 Å². The van der Waals surface area contributed by atoms with E-state index in [-0.39, 0.29) is 16.2 Å². The molecule has 0 saturated heterocycles. The summed E-state index contributed by atoms with van der Waals surface area (Å²) in [5.74, 6) is 0.376. The number of rotatable bonds is 6. The molecule has 1 aliphatic rings. The summed E-state index contributed by atoms with van der Waals surface area (Å²) in [6.45, 7) is 2.16. The van der Waals surface area contributed by atoms with Crippen molar-refractivity contribution in [3.63, 3.8) is 0 Å². The fourth-order valence-electron chi connectivity index (χ4n) is 3.48. The zero-order valence-corrected chi connectivity index (χ0v) is 16.4. The zero-order chi connectivity index (χ0) is 18.6. The fourth-order valence-corrected chi connectivity index (χ4v) is 5.53. The van der Waals surface area contributed by atoms with Crippen molar-refractivity contribution < 1.29 is 13.2 Å². The zero-order valence-electron chi connectivity index (χ0n) is 14.8. The predicted octanol–water partition coefficient (Wildman–Crippen LogP) is 4.25. The van der Waals surface area contributed by atoms with E-state index < -0.39 is 10.0 Å². The summed E-state index contributed by atoms with van der Waals surface area (Å²) in [6.07, 6.45) is 5.59. The van der Waals surface area contributed by atoms with E-state index in [2.05, 4.69) is 17.0 Å². The standard InChI is InChI=1S/C19H24N2O3S2/c1-2-14-7-3-4-10-17(14)20-19(22)15-8-5-9-16(13-15)21-26(23,24)18-11-6-12-25-18/h5-6,8-9,11-14,17,21H,2-4,7,10H2,1H3,(H,20,22). The van der Waals surface area contributed by atoms with Crippen LogP contribution in [-0.2, 0) is 10.0 Å². The minimum Gasteiger partial charge on any atom is -0.349 e. The Labute approximate surface area is 158 Å². The smallest absolute Gasteiger partial charge is 0.271 e. The third-order valence-electron chi connectivity index (χ3n) is 4.89.